The monoisotopic (exact) mass is 309 g/mol. The summed E-state index contributed by atoms with van der Waals surface area (Å²) in [4.78, 5) is 21.0. The van der Waals surface area contributed by atoms with Gasteiger partial charge in [-0.05, 0) is 38.8 Å². The minimum atomic E-state index is -0.0113. The highest BCUT2D eigenvalue weighted by Gasteiger charge is 2.44. The van der Waals surface area contributed by atoms with E-state index in [2.05, 4.69) is 32.7 Å². The van der Waals surface area contributed by atoms with E-state index in [1.807, 2.05) is 6.92 Å². The molecule has 1 aliphatic rings. The highest BCUT2D eigenvalue weighted by molar-refractivity contribution is 5.75. The maximum absolute atomic E-state index is 12.6. The van der Waals surface area contributed by atoms with E-state index < -0.39 is 0 Å². The molecule has 0 saturated heterocycles. The van der Waals surface area contributed by atoms with E-state index in [9.17, 15) is 4.79 Å². The van der Waals surface area contributed by atoms with Crippen LogP contribution in [0.3, 0.4) is 0 Å². The topological polar surface area (TPSA) is 65.6 Å². The van der Waals surface area contributed by atoms with Gasteiger partial charge >= 0.3 is 0 Å². The van der Waals surface area contributed by atoms with E-state index in [0.29, 0.717) is 17.4 Å². The standard InChI is InChI=1S/C17H19N5O/c1-12-7-13(2)22(20-12)10-17(4-5-17)9-21-11-19-15-3-6-18-8-14(15)16(21)23/h3,6-8,11H,4-5,9-10H2,1-2H3. The van der Waals surface area contributed by atoms with Crippen molar-refractivity contribution < 1.29 is 0 Å². The van der Waals surface area contributed by atoms with Gasteiger partial charge in [0, 0.05) is 36.6 Å². The Hall–Kier alpha value is -2.50. The molecule has 0 amide bonds. The smallest absolute Gasteiger partial charge is 0.262 e. The lowest BCUT2D eigenvalue weighted by Gasteiger charge is -2.18. The number of hydrogen-bond donors (Lipinski definition) is 0. The summed E-state index contributed by atoms with van der Waals surface area (Å²) in [6.45, 7) is 5.62. The van der Waals surface area contributed by atoms with Crippen LogP contribution in [0.1, 0.15) is 24.2 Å². The van der Waals surface area contributed by atoms with Crippen molar-refractivity contribution >= 4 is 10.9 Å². The molecule has 1 saturated carbocycles. The summed E-state index contributed by atoms with van der Waals surface area (Å²) in [5, 5.41) is 5.13. The van der Waals surface area contributed by atoms with E-state index >= 15 is 0 Å². The normalized spacial score (nSPS) is 15.9. The fraction of sp³-hybridized carbons (Fsp3) is 0.412. The van der Waals surface area contributed by atoms with Crippen LogP contribution in [0.25, 0.3) is 10.9 Å². The zero-order valence-electron chi connectivity index (χ0n) is 13.4. The highest BCUT2D eigenvalue weighted by atomic mass is 16.1. The van der Waals surface area contributed by atoms with Crippen LogP contribution in [0.4, 0.5) is 0 Å². The molecule has 3 heterocycles. The number of pyridine rings is 1. The first-order valence-corrected chi connectivity index (χ1v) is 7.87. The second-order valence-electron chi connectivity index (χ2n) is 6.66. The van der Waals surface area contributed by atoms with Crippen LogP contribution in [0.5, 0.6) is 0 Å². The van der Waals surface area contributed by atoms with Gasteiger partial charge in [-0.1, -0.05) is 0 Å². The van der Waals surface area contributed by atoms with Gasteiger partial charge in [-0.2, -0.15) is 5.10 Å². The molecule has 0 atom stereocenters. The molecule has 3 aromatic rings. The molecule has 0 spiro atoms. The van der Waals surface area contributed by atoms with Crippen molar-refractivity contribution in [3.05, 3.63) is 52.6 Å². The van der Waals surface area contributed by atoms with Crippen molar-refractivity contribution in [2.45, 2.75) is 39.8 Å². The predicted octanol–water partition coefficient (Wildman–Crippen LogP) is 2.09. The molecule has 3 aromatic heterocycles. The van der Waals surface area contributed by atoms with Gasteiger partial charge in [0.05, 0.1) is 22.9 Å². The maximum atomic E-state index is 12.6. The van der Waals surface area contributed by atoms with Gasteiger partial charge in [-0.3, -0.25) is 19.0 Å². The Balaban J connectivity index is 1.64. The van der Waals surface area contributed by atoms with Gasteiger partial charge < -0.3 is 0 Å². The van der Waals surface area contributed by atoms with Gasteiger partial charge in [0.15, 0.2) is 0 Å². The Bertz CT molecular complexity index is 936. The van der Waals surface area contributed by atoms with E-state index in [4.69, 9.17) is 0 Å². The van der Waals surface area contributed by atoms with Crippen LogP contribution in [-0.2, 0) is 13.1 Å². The maximum Gasteiger partial charge on any atom is 0.262 e. The first-order chi connectivity index (χ1) is 11.1. The molecule has 0 N–H and O–H groups in total. The van der Waals surface area contributed by atoms with Gasteiger partial charge in [-0.15, -0.1) is 0 Å². The highest BCUT2D eigenvalue weighted by Crippen LogP contribution is 2.48. The molecular formula is C17H19N5O. The predicted molar refractivity (Wildman–Crippen MR) is 87.2 cm³/mol. The van der Waals surface area contributed by atoms with E-state index in [-0.39, 0.29) is 11.0 Å². The molecule has 0 unspecified atom stereocenters. The lowest BCUT2D eigenvalue weighted by Crippen LogP contribution is -2.28. The van der Waals surface area contributed by atoms with Crippen molar-refractivity contribution in [1.82, 2.24) is 24.3 Å². The SMILES string of the molecule is Cc1cc(C)n(CC2(Cn3cnc4ccncc4c3=O)CC2)n1. The molecule has 6 nitrogen and oxygen atoms in total. The third-order valence-electron chi connectivity index (χ3n) is 4.68. The molecule has 118 valence electrons. The fourth-order valence-corrected chi connectivity index (χ4v) is 3.17. The van der Waals surface area contributed by atoms with Gasteiger partial charge in [-0.25, -0.2) is 4.98 Å². The summed E-state index contributed by atoms with van der Waals surface area (Å²) in [5.41, 5.74) is 3.01. The van der Waals surface area contributed by atoms with Crippen molar-refractivity contribution in [2.75, 3.05) is 0 Å². The average molecular weight is 309 g/mol. The van der Waals surface area contributed by atoms with Crippen LogP contribution in [0.15, 0.2) is 35.6 Å². The number of fused-ring (bicyclic) bond motifs is 1. The third kappa shape index (κ3) is 2.54. The summed E-state index contributed by atoms with van der Waals surface area (Å²) in [6.07, 6.45) is 7.14. The molecule has 1 aliphatic carbocycles. The summed E-state index contributed by atoms with van der Waals surface area (Å²) < 4.78 is 3.78. The van der Waals surface area contributed by atoms with E-state index in [1.165, 1.54) is 5.69 Å². The van der Waals surface area contributed by atoms with Crippen molar-refractivity contribution in [3.63, 3.8) is 0 Å². The average Bonchev–Trinajstić information content (AvgIpc) is 3.21. The Kier molecular flexibility index (Phi) is 3.07. The Morgan fingerprint density at radius 3 is 2.78 bits per heavy atom. The summed E-state index contributed by atoms with van der Waals surface area (Å²) in [6, 6.07) is 3.86. The summed E-state index contributed by atoms with van der Waals surface area (Å²) in [7, 11) is 0. The van der Waals surface area contributed by atoms with Crippen LogP contribution >= 0.6 is 0 Å². The zero-order valence-corrected chi connectivity index (χ0v) is 13.4. The number of nitrogens with zero attached hydrogens (tertiary/aromatic N) is 5. The minimum Gasteiger partial charge on any atom is -0.298 e. The third-order valence-corrected chi connectivity index (χ3v) is 4.68. The van der Waals surface area contributed by atoms with E-state index in [1.54, 1.807) is 29.4 Å². The van der Waals surface area contributed by atoms with Crippen molar-refractivity contribution in [3.8, 4) is 0 Å². The molecule has 1 fully saturated rings. The largest absolute Gasteiger partial charge is 0.298 e. The molecule has 0 aliphatic heterocycles. The Morgan fingerprint density at radius 2 is 2.09 bits per heavy atom. The van der Waals surface area contributed by atoms with Crippen LogP contribution in [0.2, 0.25) is 0 Å². The van der Waals surface area contributed by atoms with Crippen molar-refractivity contribution in [2.24, 2.45) is 5.41 Å². The summed E-state index contributed by atoms with van der Waals surface area (Å²) >= 11 is 0. The molecule has 0 radical (unpaired) electrons. The minimum absolute atomic E-state index is 0.0113. The number of rotatable bonds is 4. The molecule has 23 heavy (non-hydrogen) atoms. The Labute approximate surface area is 133 Å². The number of aryl methyl sites for hydroxylation is 2. The summed E-state index contributed by atoms with van der Waals surface area (Å²) in [5.74, 6) is 0. The van der Waals surface area contributed by atoms with Gasteiger partial charge in [0.1, 0.15) is 0 Å². The first-order valence-electron chi connectivity index (χ1n) is 7.87. The van der Waals surface area contributed by atoms with Crippen LogP contribution in [0, 0.1) is 19.3 Å². The Morgan fingerprint density at radius 1 is 1.26 bits per heavy atom. The lowest BCUT2D eigenvalue weighted by molar-refractivity contribution is 0.335. The number of hydrogen-bond acceptors (Lipinski definition) is 4. The molecule has 4 rings (SSSR count). The van der Waals surface area contributed by atoms with Crippen LogP contribution < -0.4 is 5.56 Å². The number of aromatic nitrogens is 5. The lowest BCUT2D eigenvalue weighted by atomic mass is 10.1. The molecular weight excluding hydrogens is 290 g/mol. The van der Waals surface area contributed by atoms with Crippen molar-refractivity contribution in [1.29, 1.82) is 0 Å². The van der Waals surface area contributed by atoms with Crippen LogP contribution in [-0.4, -0.2) is 24.3 Å². The van der Waals surface area contributed by atoms with Gasteiger partial charge in [0.2, 0.25) is 0 Å². The molecule has 0 aromatic carbocycles. The molecule has 6 heteroatoms. The first kappa shape index (κ1) is 14.1. The quantitative estimate of drug-likeness (QED) is 0.740. The fourth-order valence-electron chi connectivity index (χ4n) is 3.17. The molecule has 0 bridgehead atoms. The second-order valence-corrected chi connectivity index (χ2v) is 6.66. The zero-order chi connectivity index (χ0) is 16.0. The van der Waals surface area contributed by atoms with E-state index in [0.717, 1.165) is 25.1 Å². The second kappa shape index (κ2) is 5.01. The van der Waals surface area contributed by atoms with Gasteiger partial charge in [0.25, 0.3) is 5.56 Å².